The van der Waals surface area contributed by atoms with Gasteiger partial charge in [-0.3, -0.25) is 9.20 Å². The number of nitrogens with zero attached hydrogens (tertiary/aromatic N) is 4. The topological polar surface area (TPSA) is 61.4 Å². The molecule has 2 heterocycles. The summed E-state index contributed by atoms with van der Waals surface area (Å²) in [5.41, 5.74) is 1.36. The van der Waals surface area contributed by atoms with Gasteiger partial charge >= 0.3 is 0 Å². The monoisotopic (exact) mass is 364 g/mol. The Morgan fingerprint density at radius 3 is 2.65 bits per heavy atom. The molecule has 0 amide bonds. The van der Waals surface area contributed by atoms with Crippen molar-refractivity contribution in [1.29, 1.82) is 0 Å². The van der Waals surface area contributed by atoms with Crippen molar-refractivity contribution in [3.63, 3.8) is 0 Å². The average molecular weight is 364 g/mol. The predicted molar refractivity (Wildman–Crippen MR) is 104 cm³/mol. The number of aromatic nitrogens is 4. The second-order valence-electron chi connectivity index (χ2n) is 5.57. The molecule has 0 saturated heterocycles. The SMILES string of the molecule is C=CCSc1nnc2n(-c3ccc(OC)cc3)c(=O)c3ccccc3n12. The summed E-state index contributed by atoms with van der Waals surface area (Å²) in [6.45, 7) is 3.75. The number of rotatable bonds is 5. The Morgan fingerprint density at radius 1 is 1.15 bits per heavy atom. The van der Waals surface area contributed by atoms with Crippen molar-refractivity contribution in [2.45, 2.75) is 5.16 Å². The molecule has 0 unspecified atom stereocenters. The smallest absolute Gasteiger partial charge is 0.267 e. The van der Waals surface area contributed by atoms with E-state index in [4.69, 9.17) is 4.74 Å². The third-order valence-corrected chi connectivity index (χ3v) is 4.98. The van der Waals surface area contributed by atoms with Crippen LogP contribution in [0.2, 0.25) is 0 Å². The molecule has 0 radical (unpaired) electrons. The summed E-state index contributed by atoms with van der Waals surface area (Å²) in [4.78, 5) is 13.1. The Hall–Kier alpha value is -3.06. The van der Waals surface area contributed by atoms with E-state index in [0.29, 0.717) is 22.6 Å². The van der Waals surface area contributed by atoms with Crippen LogP contribution in [-0.4, -0.2) is 32.0 Å². The molecule has 0 bridgehead atoms. The molecule has 0 fully saturated rings. The third-order valence-electron chi connectivity index (χ3n) is 4.06. The van der Waals surface area contributed by atoms with Crippen molar-refractivity contribution >= 4 is 28.4 Å². The molecule has 7 heteroatoms. The van der Waals surface area contributed by atoms with Crippen LogP contribution >= 0.6 is 11.8 Å². The van der Waals surface area contributed by atoms with Gasteiger partial charge in [0.25, 0.3) is 5.56 Å². The minimum absolute atomic E-state index is 0.133. The van der Waals surface area contributed by atoms with Crippen LogP contribution < -0.4 is 10.3 Å². The molecule has 130 valence electrons. The van der Waals surface area contributed by atoms with E-state index in [2.05, 4.69) is 16.8 Å². The Balaban J connectivity index is 2.07. The van der Waals surface area contributed by atoms with Crippen molar-refractivity contribution in [2.75, 3.05) is 12.9 Å². The van der Waals surface area contributed by atoms with Crippen molar-refractivity contribution in [3.8, 4) is 11.4 Å². The molecule has 0 aliphatic carbocycles. The summed E-state index contributed by atoms with van der Waals surface area (Å²) in [6, 6.07) is 14.8. The van der Waals surface area contributed by atoms with Gasteiger partial charge in [-0.2, -0.15) is 0 Å². The van der Waals surface area contributed by atoms with Crippen LogP contribution in [0.1, 0.15) is 0 Å². The van der Waals surface area contributed by atoms with Gasteiger partial charge < -0.3 is 4.74 Å². The summed E-state index contributed by atoms with van der Waals surface area (Å²) in [5, 5.41) is 9.91. The summed E-state index contributed by atoms with van der Waals surface area (Å²) in [6.07, 6.45) is 1.81. The van der Waals surface area contributed by atoms with E-state index in [0.717, 1.165) is 16.4 Å². The number of fused-ring (bicyclic) bond motifs is 3. The highest BCUT2D eigenvalue weighted by Gasteiger charge is 2.17. The molecule has 4 rings (SSSR count). The first kappa shape index (κ1) is 16.4. The Bertz CT molecular complexity index is 1160. The molecule has 0 N–H and O–H groups in total. The van der Waals surface area contributed by atoms with Gasteiger partial charge in [-0.1, -0.05) is 30.0 Å². The lowest BCUT2D eigenvalue weighted by molar-refractivity contribution is 0.414. The van der Waals surface area contributed by atoms with Gasteiger partial charge in [-0.15, -0.1) is 16.8 Å². The summed E-state index contributed by atoms with van der Waals surface area (Å²) in [5.74, 6) is 1.91. The van der Waals surface area contributed by atoms with Gasteiger partial charge in [-0.25, -0.2) is 4.57 Å². The number of para-hydroxylation sites is 1. The summed E-state index contributed by atoms with van der Waals surface area (Å²) >= 11 is 1.52. The van der Waals surface area contributed by atoms with E-state index < -0.39 is 0 Å². The molecule has 4 aromatic rings. The zero-order valence-electron chi connectivity index (χ0n) is 14.1. The lowest BCUT2D eigenvalue weighted by atomic mass is 10.2. The highest BCUT2D eigenvalue weighted by atomic mass is 32.2. The molecule has 0 atom stereocenters. The second-order valence-corrected chi connectivity index (χ2v) is 6.56. The van der Waals surface area contributed by atoms with Gasteiger partial charge in [0.2, 0.25) is 5.78 Å². The second kappa shape index (κ2) is 6.68. The van der Waals surface area contributed by atoms with Gasteiger partial charge in [0.15, 0.2) is 5.16 Å². The Kier molecular flexibility index (Phi) is 4.22. The number of hydrogen-bond donors (Lipinski definition) is 0. The van der Waals surface area contributed by atoms with Crippen LogP contribution in [0.4, 0.5) is 0 Å². The van der Waals surface area contributed by atoms with E-state index in [1.54, 1.807) is 11.7 Å². The first-order valence-corrected chi connectivity index (χ1v) is 9.00. The predicted octanol–water partition coefficient (Wildman–Crippen LogP) is 3.32. The summed E-state index contributed by atoms with van der Waals surface area (Å²) < 4.78 is 8.70. The van der Waals surface area contributed by atoms with E-state index in [9.17, 15) is 4.79 Å². The first-order valence-electron chi connectivity index (χ1n) is 8.01. The Labute approximate surface area is 153 Å². The largest absolute Gasteiger partial charge is 0.497 e. The fourth-order valence-electron chi connectivity index (χ4n) is 2.87. The van der Waals surface area contributed by atoms with Crippen LogP contribution in [0.3, 0.4) is 0 Å². The minimum atomic E-state index is -0.133. The van der Waals surface area contributed by atoms with Crippen LogP contribution in [0, 0.1) is 0 Å². The van der Waals surface area contributed by atoms with E-state index in [-0.39, 0.29) is 5.56 Å². The van der Waals surface area contributed by atoms with E-state index in [1.807, 2.05) is 59.0 Å². The van der Waals surface area contributed by atoms with Crippen LogP contribution in [0.15, 0.2) is 71.1 Å². The van der Waals surface area contributed by atoms with Gasteiger partial charge in [0.1, 0.15) is 5.75 Å². The number of thioether (sulfide) groups is 1. The molecule has 0 aliphatic rings. The Morgan fingerprint density at radius 2 is 1.92 bits per heavy atom. The molecule has 26 heavy (non-hydrogen) atoms. The van der Waals surface area contributed by atoms with Crippen molar-refractivity contribution in [3.05, 3.63) is 71.5 Å². The third kappa shape index (κ3) is 2.57. The van der Waals surface area contributed by atoms with Crippen LogP contribution in [-0.2, 0) is 0 Å². The fraction of sp³-hybridized carbons (Fsp3) is 0.105. The zero-order valence-corrected chi connectivity index (χ0v) is 14.9. The number of benzene rings is 2. The molecule has 6 nitrogen and oxygen atoms in total. The average Bonchev–Trinajstić information content (AvgIpc) is 3.11. The fourth-order valence-corrected chi connectivity index (χ4v) is 3.54. The van der Waals surface area contributed by atoms with Gasteiger partial charge in [0.05, 0.1) is 23.7 Å². The summed E-state index contributed by atoms with van der Waals surface area (Å²) in [7, 11) is 1.61. The van der Waals surface area contributed by atoms with Gasteiger partial charge in [0, 0.05) is 5.75 Å². The van der Waals surface area contributed by atoms with Crippen LogP contribution in [0.25, 0.3) is 22.4 Å². The van der Waals surface area contributed by atoms with Crippen molar-refractivity contribution in [2.24, 2.45) is 0 Å². The van der Waals surface area contributed by atoms with Crippen molar-refractivity contribution in [1.82, 2.24) is 19.2 Å². The van der Waals surface area contributed by atoms with Gasteiger partial charge in [-0.05, 0) is 36.4 Å². The van der Waals surface area contributed by atoms with E-state index in [1.165, 1.54) is 11.8 Å². The molecular weight excluding hydrogens is 348 g/mol. The quantitative estimate of drug-likeness (QED) is 0.402. The van der Waals surface area contributed by atoms with E-state index >= 15 is 0 Å². The van der Waals surface area contributed by atoms with Crippen molar-refractivity contribution < 1.29 is 4.74 Å². The molecule has 0 aliphatic heterocycles. The number of methoxy groups -OCH3 is 1. The highest BCUT2D eigenvalue weighted by Crippen LogP contribution is 2.23. The lowest BCUT2D eigenvalue weighted by Gasteiger charge is -2.11. The minimum Gasteiger partial charge on any atom is -0.497 e. The molecule has 2 aromatic heterocycles. The molecule has 0 saturated carbocycles. The molecule has 2 aromatic carbocycles. The molecular formula is C19H16N4O2S. The molecule has 0 spiro atoms. The first-order chi connectivity index (χ1) is 12.7. The maximum absolute atomic E-state index is 13.1. The zero-order chi connectivity index (χ0) is 18.1. The van der Waals surface area contributed by atoms with Crippen LogP contribution in [0.5, 0.6) is 5.75 Å². The normalized spacial score (nSPS) is 11.1. The number of hydrogen-bond acceptors (Lipinski definition) is 5. The standard InChI is InChI=1S/C19H16N4O2S/c1-3-12-26-19-21-20-18-22(13-8-10-14(25-2)11-9-13)17(24)15-6-4-5-7-16(15)23(18)19/h3-11H,1,12H2,2H3. The maximum Gasteiger partial charge on any atom is 0.267 e. The lowest BCUT2D eigenvalue weighted by Crippen LogP contribution is -2.21. The number of ether oxygens (including phenoxy) is 1. The maximum atomic E-state index is 13.1. The highest BCUT2D eigenvalue weighted by molar-refractivity contribution is 7.99.